The molecule has 0 saturated heterocycles. The Kier molecular flexibility index (Phi) is 18.1. The van der Waals surface area contributed by atoms with Crippen LogP contribution >= 0.6 is 11.8 Å². The number of nitrogens with two attached hydrogens (primary N) is 1. The fourth-order valence-corrected chi connectivity index (χ4v) is 6.63. The van der Waals surface area contributed by atoms with Crippen molar-refractivity contribution in [3.8, 4) is 11.5 Å². The van der Waals surface area contributed by atoms with E-state index in [-0.39, 0.29) is 98.1 Å². The first kappa shape index (κ1) is 46.9. The maximum Gasteiger partial charge on any atom is 0.344 e. The van der Waals surface area contributed by atoms with Gasteiger partial charge < -0.3 is 60.9 Å². The maximum absolute atomic E-state index is 12.8. The highest BCUT2D eigenvalue weighted by atomic mass is 32.2. The molecule has 0 aliphatic carbocycles. The van der Waals surface area contributed by atoms with Crippen LogP contribution in [-0.4, -0.2) is 105 Å². The summed E-state index contributed by atoms with van der Waals surface area (Å²) in [4.78, 5) is 65.3. The molecule has 19 heteroatoms. The van der Waals surface area contributed by atoms with Crippen LogP contribution in [0.2, 0.25) is 0 Å². The molecule has 8 N–H and O–H groups in total. The molecule has 0 aromatic heterocycles. The monoisotopic (exact) mass is 882 g/mol. The van der Waals surface area contributed by atoms with Crippen LogP contribution in [0.3, 0.4) is 0 Å². The molecule has 0 atom stereocenters. The zero-order chi connectivity index (χ0) is 45.0. The smallest absolute Gasteiger partial charge is 0.344 e. The van der Waals surface area contributed by atoms with Crippen LogP contribution < -0.4 is 31.7 Å². The maximum atomic E-state index is 12.8. The lowest BCUT2D eigenvalue weighted by Gasteiger charge is -2.12. The number of phenols is 1. The molecule has 0 fully saturated rings. The van der Waals surface area contributed by atoms with E-state index in [0.717, 1.165) is 11.8 Å². The molecule has 4 aromatic rings. The third kappa shape index (κ3) is 14.7. The number of thioether (sulfide) groups is 1. The SMILES string of the molecule is CCOC(=O)C1=C(O)/C(=C/c2ccc(OCCOCCOCCOCCNC(=O)c3cc(NC=O)cc(NC(=O)Nc4ccc(C(N)=O)cc4)c3)c(O)c2)SC1=Nc1ccccc1. The zero-order valence-corrected chi connectivity index (χ0v) is 34.9. The largest absolute Gasteiger partial charge is 0.506 e. The van der Waals surface area contributed by atoms with Gasteiger partial charge in [-0.3, -0.25) is 14.4 Å². The highest BCUT2D eigenvalue weighted by Gasteiger charge is 2.33. The standard InChI is InChI=1S/C44H46N6O12S/c1-2-61-43(56)38-39(53)37(63-42(38)48-31-6-4-3-5-7-31)23-28-8-13-36(35(52)22-28)62-21-20-60-19-18-59-17-16-58-15-14-46-41(55)30-24-33(47-27-51)26-34(25-30)50-44(57)49-32-11-9-29(10-12-32)40(45)54/h3-13,22-27,52-53H,2,14-21H2,1H3,(H2,45,54)(H,46,55)(H,47,51)(H2,49,50,57)/b37-23-,48-42?. The van der Waals surface area contributed by atoms with Crippen molar-refractivity contribution < 1.29 is 57.9 Å². The summed E-state index contributed by atoms with van der Waals surface area (Å²) in [5.74, 6) is -1.90. The topological polar surface area (TPSA) is 258 Å². The van der Waals surface area contributed by atoms with Gasteiger partial charge in [-0.2, -0.15) is 0 Å². The Morgan fingerprint density at radius 3 is 2.10 bits per heavy atom. The van der Waals surface area contributed by atoms with Crippen molar-refractivity contribution in [1.82, 2.24) is 5.32 Å². The Labute approximate surface area is 366 Å². The molecule has 0 radical (unpaired) electrons. The van der Waals surface area contributed by atoms with Gasteiger partial charge in [0.1, 0.15) is 23.0 Å². The van der Waals surface area contributed by atoms with Crippen LogP contribution in [0.1, 0.15) is 33.2 Å². The van der Waals surface area contributed by atoms with Crippen molar-refractivity contribution in [2.45, 2.75) is 6.92 Å². The van der Waals surface area contributed by atoms with Crippen LogP contribution in [0, 0.1) is 0 Å². The quantitative estimate of drug-likeness (QED) is 0.0266. The van der Waals surface area contributed by atoms with E-state index in [9.17, 15) is 34.2 Å². The number of carbonyl (C=O) groups excluding carboxylic acids is 5. The first-order chi connectivity index (χ1) is 30.5. The first-order valence-corrected chi connectivity index (χ1v) is 20.3. The van der Waals surface area contributed by atoms with Crippen molar-refractivity contribution in [2.24, 2.45) is 10.7 Å². The number of esters is 1. The number of aliphatic hydroxyl groups excluding tert-OH is 1. The number of hydrogen-bond donors (Lipinski definition) is 7. The van der Waals surface area contributed by atoms with Crippen LogP contribution in [-0.2, 0) is 28.5 Å². The second kappa shape index (κ2) is 24.3. The summed E-state index contributed by atoms with van der Waals surface area (Å²) < 4.78 is 27.4. The van der Waals surface area contributed by atoms with Gasteiger partial charge in [-0.25, -0.2) is 14.6 Å². The number of ether oxygens (including phenoxy) is 5. The van der Waals surface area contributed by atoms with Crippen LogP contribution in [0.15, 0.2) is 112 Å². The average molecular weight is 883 g/mol. The zero-order valence-electron chi connectivity index (χ0n) is 34.1. The van der Waals surface area contributed by atoms with Crippen LogP contribution in [0.4, 0.5) is 27.5 Å². The van der Waals surface area contributed by atoms with Crippen molar-refractivity contribution in [3.05, 3.63) is 124 Å². The number of carbonyl (C=O) groups is 5. The normalized spacial score (nSPS) is 13.4. The average Bonchev–Trinajstić information content (AvgIpc) is 3.56. The number of phenolic OH excluding ortho intramolecular Hbond substituents is 1. The highest BCUT2D eigenvalue weighted by Crippen LogP contribution is 2.41. The predicted octanol–water partition coefficient (Wildman–Crippen LogP) is 5.76. The summed E-state index contributed by atoms with van der Waals surface area (Å²) in [5.41, 5.74) is 7.75. The van der Waals surface area contributed by atoms with Gasteiger partial charge in [0.05, 0.1) is 56.8 Å². The highest BCUT2D eigenvalue weighted by molar-refractivity contribution is 8.18. The number of anilines is 3. The lowest BCUT2D eigenvalue weighted by Crippen LogP contribution is -2.28. The Balaban J connectivity index is 0.951. The summed E-state index contributed by atoms with van der Waals surface area (Å²) in [6, 6.07) is 23.5. The van der Waals surface area contributed by atoms with E-state index >= 15 is 0 Å². The number of aromatic hydroxyl groups is 1. The van der Waals surface area contributed by atoms with Crippen LogP contribution in [0.25, 0.3) is 6.08 Å². The lowest BCUT2D eigenvalue weighted by molar-refractivity contribution is -0.138. The second-order valence-corrected chi connectivity index (χ2v) is 14.1. The number of primary amides is 1. The molecule has 18 nitrogen and oxygen atoms in total. The van der Waals surface area contributed by atoms with E-state index in [0.29, 0.717) is 39.9 Å². The molecule has 5 amide bonds. The number of aliphatic imine (C=N–C) groups is 1. The van der Waals surface area contributed by atoms with Gasteiger partial charge in [0.2, 0.25) is 12.3 Å². The third-order valence-electron chi connectivity index (χ3n) is 8.51. The van der Waals surface area contributed by atoms with Gasteiger partial charge >= 0.3 is 12.0 Å². The van der Waals surface area contributed by atoms with Crippen molar-refractivity contribution >= 4 is 75.9 Å². The summed E-state index contributed by atoms with van der Waals surface area (Å²) >= 11 is 1.11. The van der Waals surface area contributed by atoms with Crippen LogP contribution in [0.5, 0.6) is 11.5 Å². The molecule has 1 aliphatic rings. The Hall–Kier alpha value is -7.19. The van der Waals surface area contributed by atoms with E-state index in [1.165, 1.54) is 48.5 Å². The minimum absolute atomic E-state index is 0.0280. The molecule has 330 valence electrons. The summed E-state index contributed by atoms with van der Waals surface area (Å²) in [6.07, 6.45) is 2.07. The number of benzene rings is 4. The Morgan fingerprint density at radius 2 is 1.43 bits per heavy atom. The first-order valence-electron chi connectivity index (χ1n) is 19.5. The molecular weight excluding hydrogens is 837 g/mol. The summed E-state index contributed by atoms with van der Waals surface area (Å²) in [6.45, 7) is 3.70. The van der Waals surface area contributed by atoms with Crippen molar-refractivity contribution in [3.63, 3.8) is 0 Å². The molecule has 5 rings (SSSR count). The van der Waals surface area contributed by atoms with E-state index in [1.54, 1.807) is 37.3 Å². The number of aliphatic hydroxyl groups is 1. The van der Waals surface area contributed by atoms with Crippen molar-refractivity contribution in [2.75, 3.05) is 75.4 Å². The van der Waals surface area contributed by atoms with Gasteiger partial charge in [0, 0.05) is 34.7 Å². The Bertz CT molecular complexity index is 2340. The number of urea groups is 1. The summed E-state index contributed by atoms with van der Waals surface area (Å²) in [7, 11) is 0. The number of rotatable bonds is 23. The molecule has 1 heterocycles. The van der Waals surface area contributed by atoms with Gasteiger partial charge in [-0.1, -0.05) is 36.0 Å². The lowest BCUT2D eigenvalue weighted by atomic mass is 10.1. The van der Waals surface area contributed by atoms with E-state index in [4.69, 9.17) is 29.4 Å². The minimum Gasteiger partial charge on any atom is -0.506 e. The van der Waals surface area contributed by atoms with E-state index in [2.05, 4.69) is 26.3 Å². The van der Waals surface area contributed by atoms with Gasteiger partial charge in [0.25, 0.3) is 5.91 Å². The molecule has 4 aromatic carbocycles. The fraction of sp³-hybridized carbons (Fsp3) is 0.227. The Morgan fingerprint density at radius 1 is 0.762 bits per heavy atom. The number of para-hydroxylation sites is 1. The predicted molar refractivity (Wildman–Crippen MR) is 238 cm³/mol. The number of amides is 5. The number of nitrogens with one attached hydrogen (secondary N) is 4. The summed E-state index contributed by atoms with van der Waals surface area (Å²) in [5, 5.41) is 32.2. The molecule has 0 spiro atoms. The molecule has 0 saturated carbocycles. The van der Waals surface area contributed by atoms with Gasteiger partial charge in [-0.15, -0.1) is 0 Å². The van der Waals surface area contributed by atoms with Crippen molar-refractivity contribution in [1.29, 1.82) is 0 Å². The molecular formula is C44H46N6O12S. The fourth-order valence-electron chi connectivity index (χ4n) is 5.59. The van der Waals surface area contributed by atoms with Gasteiger partial charge in [-0.05, 0) is 85.3 Å². The molecule has 0 bridgehead atoms. The molecule has 63 heavy (non-hydrogen) atoms. The third-order valence-corrected chi connectivity index (χ3v) is 9.52. The second-order valence-electron chi connectivity index (χ2n) is 13.1. The van der Waals surface area contributed by atoms with E-state index in [1.807, 2.05) is 18.2 Å². The molecule has 0 unspecified atom stereocenters. The van der Waals surface area contributed by atoms with E-state index < -0.39 is 23.8 Å². The van der Waals surface area contributed by atoms with Gasteiger partial charge in [0.15, 0.2) is 11.5 Å². The molecule has 1 aliphatic heterocycles. The number of nitrogens with zero attached hydrogens (tertiary/aromatic N) is 1. The number of hydrogen-bond acceptors (Lipinski definition) is 14. The minimum atomic E-state index is -0.687.